The summed E-state index contributed by atoms with van der Waals surface area (Å²) in [5.41, 5.74) is 0.935. The van der Waals surface area contributed by atoms with E-state index in [1.54, 1.807) is 0 Å². The van der Waals surface area contributed by atoms with Crippen molar-refractivity contribution in [1.82, 2.24) is 10.2 Å². The van der Waals surface area contributed by atoms with Crippen LogP contribution in [-0.4, -0.2) is 34.7 Å². The van der Waals surface area contributed by atoms with Gasteiger partial charge in [-0.25, -0.2) is 4.79 Å². The molecule has 4 heteroatoms. The van der Waals surface area contributed by atoms with Crippen LogP contribution in [0.1, 0.15) is 78.2 Å². The molecule has 0 unspecified atom stereocenters. The van der Waals surface area contributed by atoms with E-state index in [1.807, 2.05) is 25.7 Å². The van der Waals surface area contributed by atoms with E-state index >= 15 is 0 Å². The number of ether oxygens (including phenoxy) is 1. The van der Waals surface area contributed by atoms with E-state index in [9.17, 15) is 4.79 Å². The second-order valence-corrected chi connectivity index (χ2v) is 9.79. The number of likely N-dealkylation sites (tertiary alicyclic amines) is 1. The molecule has 1 aromatic rings. The van der Waals surface area contributed by atoms with Crippen LogP contribution in [0.25, 0.3) is 0 Å². The lowest BCUT2D eigenvalue weighted by molar-refractivity contribution is 0.0134. The van der Waals surface area contributed by atoms with Gasteiger partial charge in [-0.1, -0.05) is 30.3 Å². The second kappa shape index (κ2) is 9.30. The third-order valence-electron chi connectivity index (χ3n) is 6.28. The average molecular weight is 387 g/mol. The molecule has 3 rings (SSSR count). The molecule has 28 heavy (non-hydrogen) atoms. The lowest BCUT2D eigenvalue weighted by atomic mass is 9.82. The van der Waals surface area contributed by atoms with Gasteiger partial charge in [-0.2, -0.15) is 0 Å². The van der Waals surface area contributed by atoms with E-state index in [0.29, 0.717) is 18.1 Å². The number of nitrogens with zero attached hydrogens (tertiary/aromatic N) is 1. The molecular weight excluding hydrogens is 348 g/mol. The first kappa shape index (κ1) is 21.2. The molecule has 0 radical (unpaired) electrons. The van der Waals surface area contributed by atoms with Crippen LogP contribution in [0.5, 0.6) is 0 Å². The van der Waals surface area contributed by atoms with Crippen LogP contribution in [0.4, 0.5) is 4.79 Å². The molecule has 1 aliphatic heterocycles. The maximum Gasteiger partial charge on any atom is 0.410 e. The minimum atomic E-state index is -0.424. The van der Waals surface area contributed by atoms with Gasteiger partial charge in [-0.3, -0.25) is 0 Å². The van der Waals surface area contributed by atoms with Gasteiger partial charge in [-0.15, -0.1) is 0 Å². The fourth-order valence-electron chi connectivity index (χ4n) is 4.79. The molecule has 156 valence electrons. The van der Waals surface area contributed by atoms with Gasteiger partial charge < -0.3 is 15.0 Å². The van der Waals surface area contributed by atoms with Gasteiger partial charge in [-0.05, 0) is 84.1 Å². The highest BCUT2D eigenvalue weighted by Crippen LogP contribution is 2.35. The summed E-state index contributed by atoms with van der Waals surface area (Å²) < 4.78 is 5.68. The molecule has 1 saturated carbocycles. The maximum absolute atomic E-state index is 12.7. The number of hydrogen-bond acceptors (Lipinski definition) is 3. The minimum Gasteiger partial charge on any atom is -0.444 e. The van der Waals surface area contributed by atoms with Crippen molar-refractivity contribution in [3.05, 3.63) is 35.9 Å². The smallest absolute Gasteiger partial charge is 0.410 e. The van der Waals surface area contributed by atoms with E-state index in [0.717, 1.165) is 31.7 Å². The number of rotatable bonds is 5. The first-order chi connectivity index (χ1) is 13.3. The molecule has 1 saturated heterocycles. The Morgan fingerprint density at radius 2 is 1.75 bits per heavy atom. The maximum atomic E-state index is 12.7. The average Bonchev–Trinajstić information content (AvgIpc) is 3.01. The molecule has 1 N–H and O–H groups in total. The molecule has 1 aliphatic carbocycles. The van der Waals surface area contributed by atoms with Crippen molar-refractivity contribution in [3.8, 4) is 0 Å². The molecule has 2 fully saturated rings. The molecule has 0 spiro atoms. The predicted octanol–water partition coefficient (Wildman–Crippen LogP) is 5.51. The highest BCUT2D eigenvalue weighted by molar-refractivity contribution is 5.69. The minimum absolute atomic E-state index is 0.124. The Morgan fingerprint density at radius 1 is 1.07 bits per heavy atom. The zero-order chi connectivity index (χ0) is 20.1. The van der Waals surface area contributed by atoms with Crippen molar-refractivity contribution in [2.45, 2.75) is 103 Å². The van der Waals surface area contributed by atoms with Crippen molar-refractivity contribution >= 4 is 6.09 Å². The predicted molar refractivity (Wildman–Crippen MR) is 114 cm³/mol. The molecule has 1 heterocycles. The Morgan fingerprint density at radius 3 is 2.39 bits per heavy atom. The number of benzene rings is 1. The van der Waals surface area contributed by atoms with E-state index in [2.05, 4.69) is 42.6 Å². The quantitative estimate of drug-likeness (QED) is 0.725. The fraction of sp³-hybridized carbons (Fsp3) is 0.708. The first-order valence-corrected chi connectivity index (χ1v) is 11.1. The van der Waals surface area contributed by atoms with Gasteiger partial charge in [0.15, 0.2) is 0 Å². The summed E-state index contributed by atoms with van der Waals surface area (Å²) in [7, 11) is 0. The summed E-state index contributed by atoms with van der Waals surface area (Å²) in [6.45, 7) is 8.97. The highest BCUT2D eigenvalue weighted by atomic mass is 16.6. The number of carbonyl (C=O) groups is 1. The SMILES string of the molecule is C[C@H]1CC[C@@H](CC2CCC(NCc3ccccc3)CC2)N1C(=O)OC(C)(C)C. The Hall–Kier alpha value is -1.55. The number of amides is 1. The molecule has 4 nitrogen and oxygen atoms in total. The molecule has 0 aromatic heterocycles. The number of hydrogen-bond donors (Lipinski definition) is 1. The first-order valence-electron chi connectivity index (χ1n) is 11.1. The standard InChI is InChI=1S/C24H38N2O2/c1-18-10-15-22(26(18)23(27)28-24(2,3)4)16-19-11-13-21(14-12-19)25-17-20-8-6-5-7-9-20/h5-9,18-19,21-22,25H,10-17H2,1-4H3/t18-,19?,21?,22-/m0/s1. The summed E-state index contributed by atoms with van der Waals surface area (Å²) in [4.78, 5) is 14.7. The van der Waals surface area contributed by atoms with Crippen LogP contribution < -0.4 is 5.32 Å². The molecule has 2 atom stereocenters. The molecule has 1 aromatic carbocycles. The Bertz CT molecular complexity index is 617. The highest BCUT2D eigenvalue weighted by Gasteiger charge is 2.38. The molecule has 0 bridgehead atoms. The summed E-state index contributed by atoms with van der Waals surface area (Å²) in [6.07, 6.45) is 8.23. The largest absolute Gasteiger partial charge is 0.444 e. The van der Waals surface area contributed by atoms with E-state index in [4.69, 9.17) is 4.74 Å². The zero-order valence-electron chi connectivity index (χ0n) is 18.1. The van der Waals surface area contributed by atoms with Crippen LogP contribution in [0.3, 0.4) is 0 Å². The van der Waals surface area contributed by atoms with Gasteiger partial charge in [0.2, 0.25) is 0 Å². The van der Waals surface area contributed by atoms with Crippen molar-refractivity contribution in [1.29, 1.82) is 0 Å². The second-order valence-electron chi connectivity index (χ2n) is 9.79. The lowest BCUT2D eigenvalue weighted by Gasteiger charge is -2.35. The van der Waals surface area contributed by atoms with Crippen LogP contribution in [0.2, 0.25) is 0 Å². The molecular formula is C24H38N2O2. The van der Waals surface area contributed by atoms with E-state index < -0.39 is 5.60 Å². The van der Waals surface area contributed by atoms with Crippen LogP contribution in [0, 0.1) is 5.92 Å². The fourth-order valence-corrected chi connectivity index (χ4v) is 4.79. The summed E-state index contributed by atoms with van der Waals surface area (Å²) in [6, 6.07) is 11.9. The van der Waals surface area contributed by atoms with Crippen LogP contribution in [0.15, 0.2) is 30.3 Å². The van der Waals surface area contributed by atoms with Crippen molar-refractivity contribution < 1.29 is 9.53 Å². The van der Waals surface area contributed by atoms with E-state index in [-0.39, 0.29) is 6.09 Å². The number of nitrogens with one attached hydrogen (secondary N) is 1. The Balaban J connectivity index is 1.45. The Labute approximate surface area is 171 Å². The molecule has 1 amide bonds. The lowest BCUT2D eigenvalue weighted by Crippen LogP contribution is -2.44. The van der Waals surface area contributed by atoms with Crippen LogP contribution >= 0.6 is 0 Å². The van der Waals surface area contributed by atoms with Crippen LogP contribution in [-0.2, 0) is 11.3 Å². The third kappa shape index (κ3) is 5.97. The van der Waals surface area contributed by atoms with Gasteiger partial charge in [0.05, 0.1) is 0 Å². The third-order valence-corrected chi connectivity index (χ3v) is 6.28. The normalized spacial score (nSPS) is 28.4. The van der Waals surface area contributed by atoms with Gasteiger partial charge >= 0.3 is 6.09 Å². The van der Waals surface area contributed by atoms with Gasteiger partial charge in [0, 0.05) is 24.7 Å². The van der Waals surface area contributed by atoms with Crippen molar-refractivity contribution in [3.63, 3.8) is 0 Å². The summed E-state index contributed by atoms with van der Waals surface area (Å²) in [5.74, 6) is 0.731. The van der Waals surface area contributed by atoms with Gasteiger partial charge in [0.1, 0.15) is 5.60 Å². The van der Waals surface area contributed by atoms with Crippen molar-refractivity contribution in [2.24, 2.45) is 5.92 Å². The topological polar surface area (TPSA) is 41.6 Å². The van der Waals surface area contributed by atoms with E-state index in [1.165, 1.54) is 31.2 Å². The summed E-state index contributed by atoms with van der Waals surface area (Å²) in [5, 5.41) is 3.73. The monoisotopic (exact) mass is 386 g/mol. The van der Waals surface area contributed by atoms with Crippen molar-refractivity contribution in [2.75, 3.05) is 0 Å². The van der Waals surface area contributed by atoms with Gasteiger partial charge in [0.25, 0.3) is 0 Å². The summed E-state index contributed by atoms with van der Waals surface area (Å²) >= 11 is 0. The Kier molecular flexibility index (Phi) is 7.03. The molecule has 2 aliphatic rings. The zero-order valence-corrected chi connectivity index (χ0v) is 18.1. The number of carbonyl (C=O) groups excluding carboxylic acids is 1.